The van der Waals surface area contributed by atoms with Crippen LogP contribution in [0.2, 0.25) is 0 Å². The lowest BCUT2D eigenvalue weighted by Crippen LogP contribution is -2.32. The molecule has 0 unspecified atom stereocenters. The summed E-state index contributed by atoms with van der Waals surface area (Å²) in [6.45, 7) is 7.12. The van der Waals surface area contributed by atoms with Gasteiger partial charge in [-0.3, -0.25) is 10.2 Å². The topological polar surface area (TPSA) is 112 Å². The number of imidazole rings is 1. The molecule has 9 nitrogen and oxygen atoms in total. The zero-order chi connectivity index (χ0) is 20.9. The van der Waals surface area contributed by atoms with E-state index in [1.165, 1.54) is 5.56 Å². The number of amides is 2. The molecule has 1 fully saturated rings. The molecule has 1 saturated heterocycles. The van der Waals surface area contributed by atoms with Crippen molar-refractivity contribution in [2.45, 2.75) is 39.2 Å². The number of carbonyl (C=O) groups is 1. The van der Waals surface area contributed by atoms with Crippen LogP contribution in [-0.2, 0) is 6.54 Å². The number of urea groups is 1. The summed E-state index contributed by atoms with van der Waals surface area (Å²) in [6, 6.07) is 4.15. The summed E-state index contributed by atoms with van der Waals surface area (Å²) in [4.78, 5) is 30.2. The fraction of sp³-hybridized carbons (Fsp3) is 0.429. The molecule has 0 radical (unpaired) electrons. The van der Waals surface area contributed by atoms with E-state index < -0.39 is 0 Å². The lowest BCUT2D eigenvalue weighted by Gasteiger charge is -2.32. The van der Waals surface area contributed by atoms with Gasteiger partial charge in [0.25, 0.3) is 0 Å². The number of hydrogen-bond acceptors (Lipinski definition) is 6. The summed E-state index contributed by atoms with van der Waals surface area (Å²) in [7, 11) is 0. The molecule has 0 spiro atoms. The van der Waals surface area contributed by atoms with E-state index >= 15 is 0 Å². The molecule has 3 aromatic rings. The Morgan fingerprint density at radius 3 is 2.83 bits per heavy atom. The Hall–Kier alpha value is -3.20. The van der Waals surface area contributed by atoms with Crippen LogP contribution in [0, 0.1) is 6.92 Å². The zero-order valence-electron chi connectivity index (χ0n) is 17.3. The van der Waals surface area contributed by atoms with Crippen molar-refractivity contribution < 1.29 is 9.21 Å². The lowest BCUT2D eigenvalue weighted by molar-refractivity contribution is 0.191. The molecule has 3 N–H and O–H groups in total. The third kappa shape index (κ3) is 4.68. The molecule has 0 saturated carbocycles. The second-order valence-electron chi connectivity index (χ2n) is 7.48. The summed E-state index contributed by atoms with van der Waals surface area (Å²) >= 11 is 0. The van der Waals surface area contributed by atoms with Gasteiger partial charge in [0, 0.05) is 24.6 Å². The summed E-state index contributed by atoms with van der Waals surface area (Å²) in [5.74, 6) is 2.05. The van der Waals surface area contributed by atoms with Gasteiger partial charge in [0.05, 0.1) is 12.7 Å². The molecule has 2 amide bonds. The summed E-state index contributed by atoms with van der Waals surface area (Å²) < 4.78 is 5.64. The number of aromatic amines is 1. The molecule has 0 atom stereocenters. The van der Waals surface area contributed by atoms with Crippen molar-refractivity contribution in [2.75, 3.05) is 25.0 Å². The number of aromatic nitrogens is 4. The highest BCUT2D eigenvalue weighted by molar-refractivity contribution is 5.86. The number of oxazole rings is 1. The highest BCUT2D eigenvalue weighted by Crippen LogP contribution is 2.31. The number of likely N-dealkylation sites (tertiary alicyclic amines) is 1. The molecule has 1 aliphatic heterocycles. The second kappa shape index (κ2) is 9.08. The Labute approximate surface area is 175 Å². The van der Waals surface area contributed by atoms with Crippen molar-refractivity contribution in [1.29, 1.82) is 0 Å². The van der Waals surface area contributed by atoms with Gasteiger partial charge in [0.1, 0.15) is 11.5 Å². The maximum atomic E-state index is 11.6. The van der Waals surface area contributed by atoms with Crippen LogP contribution in [0.25, 0.3) is 11.5 Å². The molecule has 0 aromatic carbocycles. The van der Waals surface area contributed by atoms with E-state index in [0.717, 1.165) is 48.9 Å². The first-order chi connectivity index (χ1) is 14.6. The summed E-state index contributed by atoms with van der Waals surface area (Å²) in [6.07, 6.45) is 7.36. The van der Waals surface area contributed by atoms with Gasteiger partial charge in [-0.2, -0.15) is 0 Å². The van der Waals surface area contributed by atoms with Gasteiger partial charge in [-0.1, -0.05) is 6.07 Å². The first kappa shape index (κ1) is 20.1. The van der Waals surface area contributed by atoms with Gasteiger partial charge in [-0.05, 0) is 57.3 Å². The number of carbonyl (C=O) groups excluding carboxylic acids is 1. The van der Waals surface area contributed by atoms with Gasteiger partial charge in [-0.25, -0.2) is 19.7 Å². The number of rotatable bonds is 6. The maximum absolute atomic E-state index is 11.6. The van der Waals surface area contributed by atoms with Crippen LogP contribution >= 0.6 is 0 Å². The molecular formula is C21H27N7O2. The monoisotopic (exact) mass is 409 g/mol. The van der Waals surface area contributed by atoms with Crippen LogP contribution in [0.4, 0.5) is 10.8 Å². The Morgan fingerprint density at radius 1 is 1.30 bits per heavy atom. The van der Waals surface area contributed by atoms with Gasteiger partial charge < -0.3 is 14.7 Å². The van der Waals surface area contributed by atoms with Gasteiger partial charge in [-0.15, -0.1) is 0 Å². The van der Waals surface area contributed by atoms with Gasteiger partial charge in [0.15, 0.2) is 5.82 Å². The van der Waals surface area contributed by atoms with Crippen molar-refractivity contribution in [3.05, 3.63) is 47.7 Å². The smallest absolute Gasteiger partial charge is 0.322 e. The molecule has 4 heterocycles. The van der Waals surface area contributed by atoms with E-state index in [4.69, 9.17) is 9.40 Å². The number of hydrogen-bond donors (Lipinski definition) is 3. The highest BCUT2D eigenvalue weighted by Gasteiger charge is 2.23. The van der Waals surface area contributed by atoms with Crippen LogP contribution in [-0.4, -0.2) is 50.5 Å². The van der Waals surface area contributed by atoms with Crippen molar-refractivity contribution in [2.24, 2.45) is 0 Å². The minimum atomic E-state index is -0.311. The fourth-order valence-corrected chi connectivity index (χ4v) is 3.90. The standard InChI is InChI=1S/C21H27N7O2/c1-3-22-20(29)27-21-25-12-16(30-21)13-28-10-6-15(7-11-28)17-4-5-18(26-14(17)2)19-23-8-9-24-19/h4-5,8-9,12,15H,3,6-7,10-11,13H2,1-2H3,(H,23,24)(H2,22,25,27,29). The highest BCUT2D eigenvalue weighted by atomic mass is 16.4. The molecule has 4 rings (SSSR count). The third-order valence-electron chi connectivity index (χ3n) is 5.39. The van der Waals surface area contributed by atoms with Crippen LogP contribution in [0.15, 0.2) is 35.1 Å². The predicted octanol–water partition coefficient (Wildman–Crippen LogP) is 3.29. The number of aryl methyl sites for hydroxylation is 1. The molecule has 0 bridgehead atoms. The number of H-pyrrole nitrogens is 1. The van der Waals surface area contributed by atoms with E-state index in [0.29, 0.717) is 19.0 Å². The SMILES string of the molecule is CCNC(=O)Nc1ncc(CN2CCC(c3ccc(-c4ncc[nH]4)nc3C)CC2)o1. The lowest BCUT2D eigenvalue weighted by atomic mass is 9.88. The second-order valence-corrected chi connectivity index (χ2v) is 7.48. The van der Waals surface area contributed by atoms with Crippen molar-refractivity contribution in [3.63, 3.8) is 0 Å². The van der Waals surface area contributed by atoms with Crippen LogP contribution in [0.1, 0.15) is 42.7 Å². The fourth-order valence-electron chi connectivity index (χ4n) is 3.90. The van der Waals surface area contributed by atoms with E-state index in [2.05, 4.69) is 43.5 Å². The third-order valence-corrected chi connectivity index (χ3v) is 5.39. The normalized spacial score (nSPS) is 15.3. The average molecular weight is 409 g/mol. The molecule has 3 aromatic heterocycles. The van der Waals surface area contributed by atoms with E-state index in [9.17, 15) is 4.79 Å². The van der Waals surface area contributed by atoms with Crippen LogP contribution in [0.5, 0.6) is 0 Å². The molecule has 158 valence electrons. The average Bonchev–Trinajstić information content (AvgIpc) is 3.41. The molecule has 30 heavy (non-hydrogen) atoms. The van der Waals surface area contributed by atoms with E-state index in [1.807, 2.05) is 19.2 Å². The molecule has 0 aliphatic carbocycles. The van der Waals surface area contributed by atoms with Crippen LogP contribution < -0.4 is 10.6 Å². The van der Waals surface area contributed by atoms with Gasteiger partial charge >= 0.3 is 12.0 Å². The number of anilines is 1. The number of pyridine rings is 1. The van der Waals surface area contributed by atoms with Gasteiger partial charge in [0.2, 0.25) is 0 Å². The van der Waals surface area contributed by atoms with Crippen molar-refractivity contribution >= 4 is 12.0 Å². The summed E-state index contributed by atoms with van der Waals surface area (Å²) in [5.41, 5.74) is 3.26. The Bertz CT molecular complexity index is 975. The molecular weight excluding hydrogens is 382 g/mol. The van der Waals surface area contributed by atoms with Crippen LogP contribution in [0.3, 0.4) is 0 Å². The maximum Gasteiger partial charge on any atom is 0.322 e. The Morgan fingerprint density at radius 2 is 2.13 bits per heavy atom. The minimum Gasteiger partial charge on any atom is -0.427 e. The van der Waals surface area contributed by atoms with Crippen molar-refractivity contribution in [3.8, 4) is 11.5 Å². The largest absolute Gasteiger partial charge is 0.427 e. The first-order valence-corrected chi connectivity index (χ1v) is 10.3. The van der Waals surface area contributed by atoms with E-state index in [1.54, 1.807) is 12.4 Å². The quantitative estimate of drug-likeness (QED) is 0.576. The number of nitrogens with zero attached hydrogens (tertiary/aromatic N) is 4. The number of nitrogens with one attached hydrogen (secondary N) is 3. The summed E-state index contributed by atoms with van der Waals surface area (Å²) in [5, 5.41) is 5.24. The first-order valence-electron chi connectivity index (χ1n) is 10.3. The molecule has 1 aliphatic rings. The molecule has 9 heteroatoms. The Balaban J connectivity index is 1.31. The van der Waals surface area contributed by atoms with Crippen molar-refractivity contribution in [1.82, 2.24) is 30.2 Å². The minimum absolute atomic E-state index is 0.226. The number of piperidine rings is 1. The van der Waals surface area contributed by atoms with E-state index in [-0.39, 0.29) is 12.0 Å². The predicted molar refractivity (Wildman–Crippen MR) is 113 cm³/mol. The Kier molecular flexibility index (Phi) is 6.08. The zero-order valence-corrected chi connectivity index (χ0v) is 17.3.